The van der Waals surface area contributed by atoms with Crippen LogP contribution in [0.25, 0.3) is 0 Å². The van der Waals surface area contributed by atoms with Crippen molar-refractivity contribution in [1.29, 1.82) is 0 Å². The molecule has 1 aromatic rings. The number of alkyl halides is 3. The number of hydrogen-bond donors (Lipinski definition) is 1. The van der Waals surface area contributed by atoms with Gasteiger partial charge in [-0.2, -0.15) is 13.2 Å². The number of carboxylic acids is 1. The van der Waals surface area contributed by atoms with E-state index in [1.165, 1.54) is 0 Å². The number of thioether (sulfide) groups is 1. The molecule has 1 saturated heterocycles. The first-order valence-corrected chi connectivity index (χ1v) is 7.54. The van der Waals surface area contributed by atoms with Crippen LogP contribution in [0.2, 0.25) is 0 Å². The summed E-state index contributed by atoms with van der Waals surface area (Å²) in [7, 11) is 0. The molecule has 0 bridgehead atoms. The van der Waals surface area contributed by atoms with Crippen LogP contribution in [0.4, 0.5) is 13.2 Å². The zero-order valence-corrected chi connectivity index (χ0v) is 12.1. The van der Waals surface area contributed by atoms with Crippen LogP contribution in [0.1, 0.15) is 6.42 Å². The fourth-order valence-electron chi connectivity index (χ4n) is 2.42. The van der Waals surface area contributed by atoms with Gasteiger partial charge in [-0.05, 0) is 25.1 Å². The van der Waals surface area contributed by atoms with Gasteiger partial charge in [0.25, 0.3) is 0 Å². The van der Waals surface area contributed by atoms with Crippen molar-refractivity contribution in [2.24, 2.45) is 5.41 Å². The molecule has 1 fully saturated rings. The molecule has 3 nitrogen and oxygen atoms in total. The molecule has 1 aromatic carbocycles. The van der Waals surface area contributed by atoms with Gasteiger partial charge in [-0.3, -0.25) is 4.79 Å². The Labute approximate surface area is 125 Å². The van der Waals surface area contributed by atoms with Crippen molar-refractivity contribution >= 4 is 17.7 Å². The number of likely N-dealkylation sites (tertiary alicyclic amines) is 1. The Morgan fingerprint density at radius 3 is 2.52 bits per heavy atom. The van der Waals surface area contributed by atoms with E-state index in [0.29, 0.717) is 12.3 Å². The molecule has 0 amide bonds. The second-order valence-electron chi connectivity index (χ2n) is 5.07. The molecule has 1 aliphatic heterocycles. The predicted octanol–water partition coefficient (Wildman–Crippen LogP) is 3.12. The van der Waals surface area contributed by atoms with Gasteiger partial charge in [0.05, 0.1) is 0 Å². The fraction of sp³-hybridized carbons (Fsp3) is 0.500. The van der Waals surface area contributed by atoms with E-state index in [1.54, 1.807) is 16.7 Å². The van der Waals surface area contributed by atoms with E-state index in [2.05, 4.69) is 0 Å². The van der Waals surface area contributed by atoms with E-state index in [4.69, 9.17) is 5.11 Å². The smallest absolute Gasteiger partial charge is 0.406 e. The number of carbonyl (C=O) groups is 1. The molecule has 0 spiro atoms. The first-order chi connectivity index (χ1) is 9.85. The molecule has 21 heavy (non-hydrogen) atoms. The Balaban J connectivity index is 1.89. The summed E-state index contributed by atoms with van der Waals surface area (Å²) in [5.41, 5.74) is -2.61. The third-order valence-corrected chi connectivity index (χ3v) is 4.71. The quantitative estimate of drug-likeness (QED) is 0.847. The van der Waals surface area contributed by atoms with E-state index in [-0.39, 0.29) is 13.0 Å². The fourth-order valence-corrected chi connectivity index (χ4v) is 3.35. The standard InChI is InChI=1S/C14H16F3NO2S/c15-14(16,17)13(12(19)20)6-7-18(10-13)8-9-21-11-4-2-1-3-5-11/h1-5H,6-10H2,(H,19,20). The normalized spacial score (nSPS) is 23.4. The highest BCUT2D eigenvalue weighted by Gasteiger charge is 2.63. The van der Waals surface area contributed by atoms with Crippen LogP contribution in [0, 0.1) is 5.41 Å². The average Bonchev–Trinajstić information content (AvgIpc) is 2.85. The Morgan fingerprint density at radius 2 is 2.00 bits per heavy atom. The highest BCUT2D eigenvalue weighted by atomic mass is 32.2. The van der Waals surface area contributed by atoms with Gasteiger partial charge in [0.15, 0.2) is 5.41 Å². The van der Waals surface area contributed by atoms with Crippen LogP contribution in [-0.2, 0) is 4.79 Å². The molecule has 0 saturated carbocycles. The van der Waals surface area contributed by atoms with Crippen molar-refractivity contribution in [3.8, 4) is 0 Å². The van der Waals surface area contributed by atoms with Crippen molar-refractivity contribution in [1.82, 2.24) is 4.90 Å². The minimum Gasteiger partial charge on any atom is -0.481 e. The number of benzene rings is 1. The van der Waals surface area contributed by atoms with Gasteiger partial charge in [-0.1, -0.05) is 18.2 Å². The summed E-state index contributed by atoms with van der Waals surface area (Å²) in [6, 6.07) is 9.57. The second-order valence-corrected chi connectivity index (χ2v) is 6.24. The van der Waals surface area contributed by atoms with Crippen LogP contribution >= 0.6 is 11.8 Å². The van der Waals surface area contributed by atoms with Crippen LogP contribution in [0.5, 0.6) is 0 Å². The summed E-state index contributed by atoms with van der Waals surface area (Å²) in [4.78, 5) is 13.7. The maximum absolute atomic E-state index is 13.0. The van der Waals surface area contributed by atoms with Gasteiger partial charge in [0, 0.05) is 23.7 Å². The van der Waals surface area contributed by atoms with Gasteiger partial charge in [-0.25, -0.2) is 0 Å². The van der Waals surface area contributed by atoms with Crippen molar-refractivity contribution in [3.05, 3.63) is 30.3 Å². The van der Waals surface area contributed by atoms with E-state index in [9.17, 15) is 18.0 Å². The summed E-state index contributed by atoms with van der Waals surface area (Å²) in [6.07, 6.45) is -5.08. The number of aliphatic carboxylic acids is 1. The topological polar surface area (TPSA) is 40.5 Å². The van der Waals surface area contributed by atoms with Crippen LogP contribution in [0.15, 0.2) is 35.2 Å². The molecule has 0 radical (unpaired) electrons. The van der Waals surface area contributed by atoms with Crippen molar-refractivity contribution in [2.75, 3.05) is 25.4 Å². The molecule has 1 N–H and O–H groups in total. The van der Waals surface area contributed by atoms with Crippen LogP contribution < -0.4 is 0 Å². The van der Waals surface area contributed by atoms with Crippen LogP contribution in [-0.4, -0.2) is 47.5 Å². The van der Waals surface area contributed by atoms with E-state index < -0.39 is 24.1 Å². The second kappa shape index (κ2) is 6.27. The van der Waals surface area contributed by atoms with E-state index in [0.717, 1.165) is 4.90 Å². The van der Waals surface area contributed by atoms with Gasteiger partial charge >= 0.3 is 12.1 Å². The van der Waals surface area contributed by atoms with Gasteiger partial charge < -0.3 is 10.0 Å². The molecular weight excluding hydrogens is 303 g/mol. The summed E-state index contributed by atoms with van der Waals surface area (Å²) in [5.74, 6) is -1.13. The highest BCUT2D eigenvalue weighted by molar-refractivity contribution is 7.99. The lowest BCUT2D eigenvalue weighted by Gasteiger charge is -2.27. The molecule has 1 unspecified atom stereocenters. The molecule has 7 heteroatoms. The zero-order chi connectivity index (χ0) is 15.5. The van der Waals surface area contributed by atoms with Crippen molar-refractivity contribution in [3.63, 3.8) is 0 Å². The van der Waals surface area contributed by atoms with Gasteiger partial charge in [0.1, 0.15) is 0 Å². The van der Waals surface area contributed by atoms with Crippen molar-refractivity contribution < 1.29 is 23.1 Å². The Morgan fingerprint density at radius 1 is 1.33 bits per heavy atom. The number of carboxylic acid groups (broad SMARTS) is 1. The number of nitrogens with zero attached hydrogens (tertiary/aromatic N) is 1. The third-order valence-electron chi connectivity index (χ3n) is 3.72. The first kappa shape index (κ1) is 16.2. The predicted molar refractivity (Wildman–Crippen MR) is 74.3 cm³/mol. The minimum atomic E-state index is -4.71. The SMILES string of the molecule is O=C(O)C1(C(F)(F)F)CCN(CCSc2ccccc2)C1. The van der Waals surface area contributed by atoms with E-state index >= 15 is 0 Å². The summed E-state index contributed by atoms with van der Waals surface area (Å²) < 4.78 is 39.0. The average molecular weight is 319 g/mol. The third kappa shape index (κ3) is 3.52. The Bertz CT molecular complexity index is 495. The monoisotopic (exact) mass is 319 g/mol. The molecule has 2 rings (SSSR count). The number of rotatable bonds is 5. The molecular formula is C14H16F3NO2S. The largest absolute Gasteiger partial charge is 0.481 e. The summed E-state index contributed by atoms with van der Waals surface area (Å²) in [5, 5.41) is 8.97. The maximum atomic E-state index is 13.0. The summed E-state index contributed by atoms with van der Waals surface area (Å²) >= 11 is 1.55. The maximum Gasteiger partial charge on any atom is 0.406 e. The number of halogens is 3. The first-order valence-electron chi connectivity index (χ1n) is 6.55. The Kier molecular flexibility index (Phi) is 4.83. The molecule has 1 heterocycles. The lowest BCUT2D eigenvalue weighted by Crippen LogP contribution is -2.47. The molecule has 0 aliphatic carbocycles. The lowest BCUT2D eigenvalue weighted by molar-refractivity contribution is -0.227. The van der Waals surface area contributed by atoms with Crippen LogP contribution in [0.3, 0.4) is 0 Å². The van der Waals surface area contributed by atoms with Gasteiger partial charge in [0.2, 0.25) is 0 Å². The van der Waals surface area contributed by atoms with Crippen molar-refractivity contribution in [2.45, 2.75) is 17.5 Å². The summed E-state index contributed by atoms with van der Waals surface area (Å²) in [6.45, 7) is 0.160. The molecule has 1 atom stereocenters. The highest BCUT2D eigenvalue weighted by Crippen LogP contribution is 2.45. The Hall–Kier alpha value is -1.21. The molecule has 0 aromatic heterocycles. The van der Waals surface area contributed by atoms with Gasteiger partial charge in [-0.15, -0.1) is 11.8 Å². The zero-order valence-electron chi connectivity index (χ0n) is 11.3. The molecule has 116 valence electrons. The van der Waals surface area contributed by atoms with E-state index in [1.807, 2.05) is 30.3 Å². The minimum absolute atomic E-state index is 0.168. The lowest BCUT2D eigenvalue weighted by atomic mass is 9.86. The molecule has 1 aliphatic rings. The number of hydrogen-bond acceptors (Lipinski definition) is 3.